The van der Waals surface area contributed by atoms with Crippen molar-refractivity contribution < 1.29 is 27.9 Å². The maximum atomic E-state index is 12.9. The third-order valence-corrected chi connectivity index (χ3v) is 8.19. The number of nitrogens with zero attached hydrogens (tertiary/aromatic N) is 1. The number of benzene rings is 1. The highest BCUT2D eigenvalue weighted by Gasteiger charge is 2.26. The number of carboxylic acids is 1. The number of anilines is 2. The summed E-state index contributed by atoms with van der Waals surface area (Å²) in [5.74, 6) is -1.79. The Bertz CT molecular complexity index is 1100. The lowest BCUT2D eigenvalue weighted by Gasteiger charge is -2.14. The molecule has 0 atom stereocenters. The first-order valence-electron chi connectivity index (χ1n) is 9.79. The van der Waals surface area contributed by atoms with E-state index in [0.717, 1.165) is 48.8 Å². The van der Waals surface area contributed by atoms with Crippen molar-refractivity contribution in [2.24, 2.45) is 5.92 Å². The highest BCUT2D eigenvalue weighted by Crippen LogP contribution is 2.31. The summed E-state index contributed by atoms with van der Waals surface area (Å²) in [5, 5.41) is 13.8. The molecule has 1 heterocycles. The number of Topliss-reactive ketones (excluding diaryl/α,β-unsaturated/α-hetero) is 1. The summed E-state index contributed by atoms with van der Waals surface area (Å²) >= 11 is 0.733. The lowest BCUT2D eigenvalue weighted by atomic mass is 9.94. The molecule has 31 heavy (non-hydrogen) atoms. The minimum Gasteiger partial charge on any atom is -0.481 e. The van der Waals surface area contributed by atoms with Gasteiger partial charge in [-0.15, -0.1) is 0 Å². The largest absolute Gasteiger partial charge is 0.481 e. The zero-order valence-corrected chi connectivity index (χ0v) is 18.5. The van der Waals surface area contributed by atoms with Crippen molar-refractivity contribution >= 4 is 49.8 Å². The van der Waals surface area contributed by atoms with Crippen molar-refractivity contribution in [1.29, 1.82) is 0 Å². The second-order valence-electron chi connectivity index (χ2n) is 7.42. The molecule has 0 aliphatic heterocycles. The monoisotopic (exact) mass is 465 g/mol. The van der Waals surface area contributed by atoms with Crippen LogP contribution in [0.25, 0.3) is 0 Å². The van der Waals surface area contributed by atoms with Gasteiger partial charge >= 0.3 is 12.0 Å². The molecule has 3 rings (SSSR count). The van der Waals surface area contributed by atoms with Gasteiger partial charge in [-0.3, -0.25) is 14.9 Å². The summed E-state index contributed by atoms with van der Waals surface area (Å²) in [6, 6.07) is 4.55. The first-order valence-corrected chi connectivity index (χ1v) is 12.3. The molecule has 2 amide bonds. The number of nitrogens with one attached hydrogen (secondary N) is 2. The number of thiazole rings is 1. The number of rotatable bonds is 8. The van der Waals surface area contributed by atoms with Crippen molar-refractivity contribution in [3.63, 3.8) is 0 Å². The Hall–Kier alpha value is -2.79. The molecule has 3 N–H and O–H groups in total. The van der Waals surface area contributed by atoms with Gasteiger partial charge < -0.3 is 10.4 Å². The molecule has 1 fully saturated rings. The average Bonchev–Trinajstić information content (AvgIpc) is 3.40. The Morgan fingerprint density at radius 3 is 2.58 bits per heavy atom. The van der Waals surface area contributed by atoms with Gasteiger partial charge in [-0.1, -0.05) is 35.8 Å². The molecule has 166 valence electrons. The van der Waals surface area contributed by atoms with Crippen LogP contribution in [0.2, 0.25) is 0 Å². The Labute approximate surface area is 183 Å². The third-order valence-electron chi connectivity index (χ3n) is 5.01. The van der Waals surface area contributed by atoms with Gasteiger partial charge in [0.15, 0.2) is 20.8 Å². The van der Waals surface area contributed by atoms with Gasteiger partial charge in [-0.2, -0.15) is 0 Å². The number of carboxylic acid groups (broad SMARTS) is 1. The van der Waals surface area contributed by atoms with E-state index in [1.807, 2.05) is 6.92 Å². The van der Waals surface area contributed by atoms with Gasteiger partial charge in [0.2, 0.25) is 0 Å². The minimum absolute atomic E-state index is 0.0116. The van der Waals surface area contributed by atoms with Crippen molar-refractivity contribution in [2.75, 3.05) is 16.4 Å². The van der Waals surface area contributed by atoms with Crippen molar-refractivity contribution in [3.8, 4) is 0 Å². The van der Waals surface area contributed by atoms with Crippen LogP contribution < -0.4 is 10.6 Å². The molecule has 0 bridgehead atoms. The molecule has 1 saturated carbocycles. The molecule has 0 spiro atoms. The predicted molar refractivity (Wildman–Crippen MR) is 117 cm³/mol. The van der Waals surface area contributed by atoms with Gasteiger partial charge in [-0.05, 0) is 31.9 Å². The van der Waals surface area contributed by atoms with Crippen LogP contribution in [0.5, 0.6) is 0 Å². The summed E-state index contributed by atoms with van der Waals surface area (Å²) in [6.07, 6.45) is 4.29. The normalized spacial score (nSPS) is 14.4. The van der Waals surface area contributed by atoms with Crippen molar-refractivity contribution in [1.82, 2.24) is 4.98 Å². The zero-order valence-electron chi connectivity index (χ0n) is 16.9. The highest BCUT2D eigenvalue weighted by atomic mass is 32.2. The highest BCUT2D eigenvalue weighted by molar-refractivity contribution is 7.93. The van der Waals surface area contributed by atoms with E-state index in [-0.39, 0.29) is 21.0 Å². The summed E-state index contributed by atoms with van der Waals surface area (Å²) in [5.41, 5.74) is 1.74. The van der Waals surface area contributed by atoms with Crippen LogP contribution in [-0.2, 0) is 14.6 Å². The predicted octanol–water partition coefficient (Wildman–Crippen LogP) is 3.72. The molecule has 0 saturated heterocycles. The lowest BCUT2D eigenvalue weighted by Crippen LogP contribution is -2.22. The molecule has 11 heteroatoms. The van der Waals surface area contributed by atoms with E-state index < -0.39 is 34.0 Å². The third kappa shape index (κ3) is 5.88. The van der Waals surface area contributed by atoms with E-state index in [1.54, 1.807) is 18.2 Å². The van der Waals surface area contributed by atoms with Gasteiger partial charge in [0, 0.05) is 11.5 Å². The van der Waals surface area contributed by atoms with Crippen LogP contribution in [0.3, 0.4) is 0 Å². The number of aliphatic carboxylic acids is 1. The molecule has 1 aliphatic carbocycles. The van der Waals surface area contributed by atoms with Gasteiger partial charge in [-0.25, -0.2) is 18.2 Å². The van der Waals surface area contributed by atoms with E-state index in [4.69, 9.17) is 5.11 Å². The molecule has 0 unspecified atom stereocenters. The summed E-state index contributed by atoms with van der Waals surface area (Å²) in [6.45, 7) is 1.87. The van der Waals surface area contributed by atoms with E-state index in [1.165, 1.54) is 0 Å². The van der Waals surface area contributed by atoms with Gasteiger partial charge in [0.1, 0.15) is 4.21 Å². The van der Waals surface area contributed by atoms with Crippen LogP contribution >= 0.6 is 11.3 Å². The standard InChI is InChI=1S/C20H23N3O6S2/c1-12-6-7-15(14(10-12)18(26)13-4-2-3-5-13)22-19(27)23-20-21-11-17(30-20)31(28,29)9-8-16(24)25/h6-7,10-11,13H,2-5,8-9H2,1H3,(H,24,25)(H2,21,22,23,27). The molecule has 1 aromatic carbocycles. The number of hydrogen-bond acceptors (Lipinski definition) is 7. The van der Waals surface area contributed by atoms with E-state index >= 15 is 0 Å². The maximum absolute atomic E-state index is 12.9. The number of aromatic nitrogens is 1. The Kier molecular flexibility index (Phi) is 7.06. The Morgan fingerprint density at radius 2 is 1.90 bits per heavy atom. The van der Waals surface area contributed by atoms with Gasteiger partial charge in [0.05, 0.1) is 24.1 Å². The number of amides is 2. The van der Waals surface area contributed by atoms with Crippen LogP contribution in [0, 0.1) is 12.8 Å². The first kappa shape index (κ1) is 22.9. The quantitative estimate of drug-likeness (QED) is 0.504. The van der Waals surface area contributed by atoms with Crippen molar-refractivity contribution in [3.05, 3.63) is 35.5 Å². The number of urea groups is 1. The van der Waals surface area contributed by atoms with E-state index in [0.29, 0.717) is 11.3 Å². The molecule has 1 aromatic heterocycles. The Morgan fingerprint density at radius 1 is 1.19 bits per heavy atom. The number of aryl methyl sites for hydroxylation is 1. The average molecular weight is 466 g/mol. The summed E-state index contributed by atoms with van der Waals surface area (Å²) < 4.78 is 24.2. The summed E-state index contributed by atoms with van der Waals surface area (Å²) in [7, 11) is -3.80. The fourth-order valence-electron chi connectivity index (χ4n) is 3.41. The van der Waals surface area contributed by atoms with E-state index in [9.17, 15) is 22.8 Å². The molecular weight excluding hydrogens is 442 g/mol. The van der Waals surface area contributed by atoms with Crippen molar-refractivity contribution in [2.45, 2.75) is 43.2 Å². The SMILES string of the molecule is Cc1ccc(NC(=O)Nc2ncc(S(=O)(=O)CCC(=O)O)s2)c(C(=O)C2CCCC2)c1. The first-order chi connectivity index (χ1) is 14.7. The number of carbonyl (C=O) groups excluding carboxylic acids is 2. The van der Waals surface area contributed by atoms with Crippen LogP contribution in [0.15, 0.2) is 28.6 Å². The fraction of sp³-hybridized carbons (Fsp3) is 0.400. The molecule has 2 aromatic rings. The van der Waals surface area contributed by atoms with Crippen LogP contribution in [0.4, 0.5) is 15.6 Å². The number of hydrogen-bond donors (Lipinski definition) is 3. The maximum Gasteiger partial charge on any atom is 0.325 e. The Balaban J connectivity index is 1.70. The molecule has 1 aliphatic rings. The second kappa shape index (κ2) is 9.56. The molecule has 0 radical (unpaired) electrons. The number of ketones is 1. The minimum atomic E-state index is -3.80. The molecule has 9 nitrogen and oxygen atoms in total. The second-order valence-corrected chi connectivity index (χ2v) is 10.8. The number of carbonyl (C=O) groups is 3. The fourth-order valence-corrected chi connectivity index (χ4v) is 5.81. The van der Waals surface area contributed by atoms with Crippen LogP contribution in [-0.4, -0.2) is 42.0 Å². The molecular formula is C20H23N3O6S2. The summed E-state index contributed by atoms with van der Waals surface area (Å²) in [4.78, 5) is 39.8. The number of sulfone groups is 1. The van der Waals surface area contributed by atoms with Gasteiger partial charge in [0.25, 0.3) is 0 Å². The van der Waals surface area contributed by atoms with E-state index in [2.05, 4.69) is 15.6 Å². The van der Waals surface area contributed by atoms with Crippen LogP contribution in [0.1, 0.15) is 48.0 Å². The topological polar surface area (TPSA) is 143 Å². The smallest absolute Gasteiger partial charge is 0.325 e. The lowest BCUT2D eigenvalue weighted by molar-refractivity contribution is -0.136. The zero-order chi connectivity index (χ0) is 22.6.